The van der Waals surface area contributed by atoms with Crippen LogP contribution >= 0.6 is 15.9 Å². The van der Waals surface area contributed by atoms with Crippen LogP contribution < -0.4 is 11.1 Å². The van der Waals surface area contributed by atoms with Gasteiger partial charge in [0.05, 0.1) is 6.04 Å². The molecule has 0 saturated carbocycles. The topological polar surface area (TPSA) is 81.1 Å². The fourth-order valence-corrected chi connectivity index (χ4v) is 1.97. The second-order valence-corrected chi connectivity index (χ2v) is 6.07. The molecule has 0 fully saturated rings. The van der Waals surface area contributed by atoms with Gasteiger partial charge in [0.1, 0.15) is 6.26 Å². The number of aromatic nitrogens is 1. The summed E-state index contributed by atoms with van der Waals surface area (Å²) < 4.78 is 6.27. The largest absolute Gasteiger partial charge is 0.446 e. The smallest absolute Gasteiger partial charge is 0.273 e. The van der Waals surface area contributed by atoms with Crippen molar-refractivity contribution in [2.24, 2.45) is 11.7 Å². The van der Waals surface area contributed by atoms with Crippen molar-refractivity contribution in [2.75, 3.05) is 0 Å². The van der Waals surface area contributed by atoms with Crippen LogP contribution in [-0.4, -0.2) is 10.9 Å². The first-order chi connectivity index (χ1) is 9.97. The molecule has 1 heterocycles. The van der Waals surface area contributed by atoms with E-state index in [1.54, 1.807) is 0 Å². The van der Waals surface area contributed by atoms with E-state index in [0.717, 1.165) is 10.0 Å². The molecule has 0 aliphatic carbocycles. The number of nitrogens with zero attached hydrogens (tertiary/aromatic N) is 1. The predicted molar refractivity (Wildman–Crippen MR) is 83.6 cm³/mol. The molecule has 0 saturated heterocycles. The average molecular weight is 352 g/mol. The van der Waals surface area contributed by atoms with Gasteiger partial charge in [-0.2, -0.15) is 0 Å². The zero-order valence-electron chi connectivity index (χ0n) is 12.0. The minimum Gasteiger partial charge on any atom is -0.446 e. The van der Waals surface area contributed by atoms with Gasteiger partial charge in [-0.1, -0.05) is 41.9 Å². The van der Waals surface area contributed by atoms with Gasteiger partial charge in [-0.3, -0.25) is 4.79 Å². The van der Waals surface area contributed by atoms with E-state index in [1.807, 2.05) is 38.1 Å². The molecule has 2 rings (SSSR count). The maximum atomic E-state index is 12.0. The van der Waals surface area contributed by atoms with Crippen molar-refractivity contribution in [3.63, 3.8) is 0 Å². The average Bonchev–Trinajstić information content (AvgIpc) is 2.95. The van der Waals surface area contributed by atoms with E-state index in [-0.39, 0.29) is 23.6 Å². The molecular formula is C15H18BrN3O2. The molecule has 0 aliphatic heterocycles. The second-order valence-electron chi connectivity index (χ2n) is 5.15. The van der Waals surface area contributed by atoms with Crippen LogP contribution in [0.4, 0.5) is 0 Å². The van der Waals surface area contributed by atoms with Crippen molar-refractivity contribution in [1.29, 1.82) is 0 Å². The molecule has 6 heteroatoms. The minimum absolute atomic E-state index is 0.197. The van der Waals surface area contributed by atoms with Crippen LogP contribution in [0.15, 0.2) is 39.4 Å². The maximum Gasteiger partial charge on any atom is 0.273 e. The molecule has 2 aromatic rings. The Balaban J connectivity index is 1.96. The molecule has 5 nitrogen and oxygen atoms in total. The zero-order valence-corrected chi connectivity index (χ0v) is 13.6. The third-order valence-electron chi connectivity index (χ3n) is 3.12. The number of hydrogen-bond donors (Lipinski definition) is 2. The lowest BCUT2D eigenvalue weighted by Crippen LogP contribution is -2.23. The van der Waals surface area contributed by atoms with E-state index in [1.165, 1.54) is 6.26 Å². The summed E-state index contributed by atoms with van der Waals surface area (Å²) in [6.45, 7) is 4.38. The van der Waals surface area contributed by atoms with Crippen molar-refractivity contribution in [3.05, 3.63) is 52.1 Å². The number of rotatable bonds is 5. The summed E-state index contributed by atoms with van der Waals surface area (Å²) in [4.78, 5) is 16.2. The molecule has 21 heavy (non-hydrogen) atoms. The predicted octanol–water partition coefficient (Wildman–Crippen LogP) is 3.02. The fourth-order valence-electron chi connectivity index (χ4n) is 1.71. The third-order valence-corrected chi connectivity index (χ3v) is 3.65. The van der Waals surface area contributed by atoms with Crippen LogP contribution in [0.5, 0.6) is 0 Å². The molecule has 1 atom stereocenters. The molecule has 1 aromatic carbocycles. The Morgan fingerprint density at radius 3 is 2.67 bits per heavy atom. The maximum absolute atomic E-state index is 12.0. The standard InChI is InChI=1S/C15H18BrN3O2/c1-9(2)13(17)15-19-12(8-21-15)14(20)18-7-10-3-5-11(16)6-4-10/h3-6,8-9,13H,7,17H2,1-2H3,(H,18,20). The van der Waals surface area contributed by atoms with E-state index in [4.69, 9.17) is 10.2 Å². The van der Waals surface area contributed by atoms with Gasteiger partial charge in [0.2, 0.25) is 5.89 Å². The fraction of sp³-hybridized carbons (Fsp3) is 0.333. The Hall–Kier alpha value is -1.66. The summed E-state index contributed by atoms with van der Waals surface area (Å²) in [5.74, 6) is 0.310. The molecule has 0 spiro atoms. The SMILES string of the molecule is CC(C)C(N)c1nc(C(=O)NCc2ccc(Br)cc2)co1. The van der Waals surface area contributed by atoms with Gasteiger partial charge in [0, 0.05) is 11.0 Å². The molecule has 0 aliphatic rings. The molecule has 3 N–H and O–H groups in total. The van der Waals surface area contributed by atoms with Gasteiger partial charge in [0.25, 0.3) is 5.91 Å². The van der Waals surface area contributed by atoms with Crippen molar-refractivity contribution in [3.8, 4) is 0 Å². The Bertz CT molecular complexity index is 608. The van der Waals surface area contributed by atoms with E-state index >= 15 is 0 Å². The molecule has 1 unspecified atom stereocenters. The van der Waals surface area contributed by atoms with Crippen molar-refractivity contribution in [1.82, 2.24) is 10.3 Å². The number of benzene rings is 1. The summed E-state index contributed by atoms with van der Waals surface area (Å²) in [5.41, 5.74) is 7.19. The Labute approximate surface area is 132 Å². The van der Waals surface area contributed by atoms with Crippen molar-refractivity contribution in [2.45, 2.75) is 26.4 Å². The Morgan fingerprint density at radius 2 is 2.05 bits per heavy atom. The Kier molecular flexibility index (Phi) is 5.14. The van der Waals surface area contributed by atoms with Gasteiger partial charge in [-0.05, 0) is 23.6 Å². The van der Waals surface area contributed by atoms with Crippen LogP contribution in [0.2, 0.25) is 0 Å². The number of hydrogen-bond acceptors (Lipinski definition) is 4. The third kappa shape index (κ3) is 4.15. The lowest BCUT2D eigenvalue weighted by atomic mass is 10.1. The van der Waals surface area contributed by atoms with Crippen molar-refractivity contribution >= 4 is 21.8 Å². The number of carbonyl (C=O) groups is 1. The highest BCUT2D eigenvalue weighted by Crippen LogP contribution is 2.18. The molecular weight excluding hydrogens is 334 g/mol. The normalized spacial score (nSPS) is 12.4. The summed E-state index contributed by atoms with van der Waals surface area (Å²) in [6.07, 6.45) is 1.34. The summed E-state index contributed by atoms with van der Waals surface area (Å²) in [5, 5.41) is 2.80. The molecule has 112 valence electrons. The van der Waals surface area contributed by atoms with Gasteiger partial charge >= 0.3 is 0 Å². The van der Waals surface area contributed by atoms with Crippen molar-refractivity contribution < 1.29 is 9.21 Å². The summed E-state index contributed by atoms with van der Waals surface area (Å²) >= 11 is 3.37. The molecule has 1 amide bonds. The highest BCUT2D eigenvalue weighted by Gasteiger charge is 2.19. The molecule has 0 radical (unpaired) electrons. The van der Waals surface area contributed by atoms with Crippen LogP contribution in [0.3, 0.4) is 0 Å². The number of halogens is 1. The van der Waals surface area contributed by atoms with E-state index in [9.17, 15) is 4.79 Å². The highest BCUT2D eigenvalue weighted by atomic mass is 79.9. The van der Waals surface area contributed by atoms with Crippen LogP contribution in [0.25, 0.3) is 0 Å². The number of nitrogens with one attached hydrogen (secondary N) is 1. The lowest BCUT2D eigenvalue weighted by Gasteiger charge is -2.10. The molecule has 0 bridgehead atoms. The quantitative estimate of drug-likeness (QED) is 0.867. The van der Waals surface area contributed by atoms with Crippen LogP contribution in [-0.2, 0) is 6.54 Å². The van der Waals surface area contributed by atoms with Crippen LogP contribution in [0.1, 0.15) is 41.8 Å². The first kappa shape index (κ1) is 15.7. The highest BCUT2D eigenvalue weighted by molar-refractivity contribution is 9.10. The van der Waals surface area contributed by atoms with E-state index < -0.39 is 0 Å². The first-order valence-corrected chi connectivity index (χ1v) is 7.50. The van der Waals surface area contributed by atoms with Gasteiger partial charge in [-0.15, -0.1) is 0 Å². The number of carbonyl (C=O) groups excluding carboxylic acids is 1. The van der Waals surface area contributed by atoms with Crippen LogP contribution in [0, 0.1) is 5.92 Å². The van der Waals surface area contributed by atoms with E-state index in [0.29, 0.717) is 12.4 Å². The lowest BCUT2D eigenvalue weighted by molar-refractivity contribution is 0.0946. The van der Waals surface area contributed by atoms with Gasteiger partial charge < -0.3 is 15.5 Å². The second kappa shape index (κ2) is 6.87. The molecule has 1 aromatic heterocycles. The first-order valence-electron chi connectivity index (χ1n) is 6.71. The van der Waals surface area contributed by atoms with Gasteiger partial charge in [-0.25, -0.2) is 4.98 Å². The number of nitrogens with two attached hydrogens (primary N) is 1. The zero-order chi connectivity index (χ0) is 15.4. The number of amides is 1. The number of oxazole rings is 1. The summed E-state index contributed by atoms with van der Waals surface area (Å²) in [6, 6.07) is 7.42. The van der Waals surface area contributed by atoms with E-state index in [2.05, 4.69) is 26.2 Å². The monoisotopic (exact) mass is 351 g/mol. The van der Waals surface area contributed by atoms with Gasteiger partial charge in [0.15, 0.2) is 5.69 Å². The Morgan fingerprint density at radius 1 is 1.38 bits per heavy atom. The minimum atomic E-state index is -0.307. The summed E-state index contributed by atoms with van der Waals surface area (Å²) in [7, 11) is 0.